The van der Waals surface area contributed by atoms with Crippen molar-refractivity contribution in [2.45, 2.75) is 0 Å². The lowest BCUT2D eigenvalue weighted by atomic mass is 10.1. The average Bonchev–Trinajstić information content (AvgIpc) is 2.61. The zero-order valence-electron chi connectivity index (χ0n) is 13.6. The Morgan fingerprint density at radius 1 is 0.920 bits per heavy atom. The van der Waals surface area contributed by atoms with E-state index in [1.54, 1.807) is 12.1 Å². The summed E-state index contributed by atoms with van der Waals surface area (Å²) >= 11 is 6.56. The first-order valence-electron chi connectivity index (χ1n) is 6.91. The third kappa shape index (κ3) is 4.13. The molecule has 25 heavy (non-hydrogen) atoms. The largest absolute Gasteiger partial charge is 0.493 e. The van der Waals surface area contributed by atoms with E-state index in [0.717, 1.165) is 0 Å². The summed E-state index contributed by atoms with van der Waals surface area (Å²) in [6, 6.07) is 6.16. The second kappa shape index (κ2) is 8.35. The molecule has 0 amide bonds. The number of esters is 1. The van der Waals surface area contributed by atoms with Gasteiger partial charge in [0.2, 0.25) is 5.75 Å². The molecule has 0 aliphatic rings. The summed E-state index contributed by atoms with van der Waals surface area (Å²) in [5.41, 5.74) is 0.406. The van der Waals surface area contributed by atoms with E-state index in [4.69, 9.17) is 18.9 Å². The fraction of sp³-hybridized carbons (Fsp3) is 0.176. The monoisotopic (exact) mass is 472 g/mol. The Kier molecular flexibility index (Phi) is 6.44. The van der Waals surface area contributed by atoms with Crippen LogP contribution in [0.15, 0.2) is 33.2 Å². The number of hydrogen-bond acceptors (Lipinski definition) is 6. The van der Waals surface area contributed by atoms with Crippen LogP contribution in [-0.2, 0) is 0 Å². The molecule has 0 atom stereocenters. The third-order valence-corrected chi connectivity index (χ3v) is 4.31. The minimum absolute atomic E-state index is 0.122. The van der Waals surface area contributed by atoms with E-state index >= 15 is 0 Å². The SMILES string of the molecule is COc1cc(C(=O)Oc2c(Br)cc(Br)cc2C=O)cc(OC)c1OC. The molecule has 0 bridgehead atoms. The Morgan fingerprint density at radius 2 is 1.52 bits per heavy atom. The highest BCUT2D eigenvalue weighted by atomic mass is 79.9. The van der Waals surface area contributed by atoms with Crippen LogP contribution in [0.4, 0.5) is 0 Å². The molecule has 0 fully saturated rings. The Labute approximate surface area is 161 Å². The van der Waals surface area contributed by atoms with Crippen molar-refractivity contribution in [1.82, 2.24) is 0 Å². The molecule has 0 aromatic heterocycles. The van der Waals surface area contributed by atoms with Gasteiger partial charge < -0.3 is 18.9 Å². The molecule has 0 aliphatic heterocycles. The van der Waals surface area contributed by atoms with Crippen molar-refractivity contribution in [2.24, 2.45) is 0 Å². The van der Waals surface area contributed by atoms with Gasteiger partial charge in [0.25, 0.3) is 0 Å². The van der Waals surface area contributed by atoms with Crippen LogP contribution < -0.4 is 18.9 Å². The van der Waals surface area contributed by atoms with Gasteiger partial charge in [-0.15, -0.1) is 0 Å². The number of ether oxygens (including phenoxy) is 4. The van der Waals surface area contributed by atoms with Crippen LogP contribution in [0, 0.1) is 0 Å². The van der Waals surface area contributed by atoms with E-state index in [1.165, 1.54) is 33.5 Å². The molecule has 2 rings (SSSR count). The molecule has 0 saturated carbocycles. The van der Waals surface area contributed by atoms with E-state index in [0.29, 0.717) is 32.5 Å². The van der Waals surface area contributed by atoms with Crippen LogP contribution in [0.25, 0.3) is 0 Å². The maximum absolute atomic E-state index is 12.5. The molecule has 0 N–H and O–H groups in total. The molecular weight excluding hydrogens is 460 g/mol. The lowest BCUT2D eigenvalue weighted by Crippen LogP contribution is -2.11. The van der Waals surface area contributed by atoms with Gasteiger partial charge in [0, 0.05) is 4.47 Å². The summed E-state index contributed by atoms with van der Waals surface area (Å²) < 4.78 is 22.2. The summed E-state index contributed by atoms with van der Waals surface area (Å²) in [5.74, 6) is 0.445. The van der Waals surface area contributed by atoms with Gasteiger partial charge in [0.1, 0.15) is 0 Å². The number of carbonyl (C=O) groups is 2. The standard InChI is InChI=1S/C17H14Br2O6/c1-22-13-5-9(6-14(23-2)16(13)24-3)17(21)25-15-10(8-20)4-11(18)7-12(15)19/h4-8H,1-3H3. The van der Waals surface area contributed by atoms with Crippen LogP contribution in [-0.4, -0.2) is 33.6 Å². The van der Waals surface area contributed by atoms with Gasteiger partial charge in [-0.25, -0.2) is 4.79 Å². The van der Waals surface area contributed by atoms with Crippen molar-refractivity contribution >= 4 is 44.1 Å². The van der Waals surface area contributed by atoms with Gasteiger partial charge in [-0.05, 0) is 40.2 Å². The molecule has 0 heterocycles. The number of aldehydes is 1. The van der Waals surface area contributed by atoms with Gasteiger partial charge in [0.05, 0.1) is 36.9 Å². The van der Waals surface area contributed by atoms with Crippen molar-refractivity contribution in [3.63, 3.8) is 0 Å². The van der Waals surface area contributed by atoms with E-state index in [2.05, 4.69) is 31.9 Å². The number of carbonyl (C=O) groups excluding carboxylic acids is 2. The topological polar surface area (TPSA) is 71.1 Å². The number of halogens is 2. The lowest BCUT2D eigenvalue weighted by molar-refractivity contribution is 0.0731. The lowest BCUT2D eigenvalue weighted by Gasteiger charge is -2.14. The number of methoxy groups -OCH3 is 3. The summed E-state index contributed by atoms with van der Waals surface area (Å²) in [4.78, 5) is 23.8. The van der Waals surface area contributed by atoms with Crippen molar-refractivity contribution in [3.05, 3.63) is 44.3 Å². The van der Waals surface area contributed by atoms with Crippen molar-refractivity contribution in [1.29, 1.82) is 0 Å². The van der Waals surface area contributed by atoms with Gasteiger partial charge in [-0.1, -0.05) is 15.9 Å². The van der Waals surface area contributed by atoms with E-state index in [9.17, 15) is 9.59 Å². The summed E-state index contributed by atoms with van der Waals surface area (Å²) in [5, 5.41) is 0. The normalized spacial score (nSPS) is 10.1. The fourth-order valence-electron chi connectivity index (χ4n) is 2.13. The molecule has 8 heteroatoms. The van der Waals surface area contributed by atoms with Gasteiger partial charge in [-0.2, -0.15) is 0 Å². The van der Waals surface area contributed by atoms with E-state index < -0.39 is 5.97 Å². The second-order valence-corrected chi connectivity index (χ2v) is 6.50. The molecule has 0 radical (unpaired) electrons. The average molecular weight is 474 g/mol. The molecular formula is C17H14Br2O6. The number of hydrogen-bond donors (Lipinski definition) is 0. The number of benzene rings is 2. The first-order chi connectivity index (χ1) is 11.9. The molecule has 132 valence electrons. The Bertz CT molecular complexity index is 794. The van der Waals surface area contributed by atoms with Crippen LogP contribution >= 0.6 is 31.9 Å². The maximum atomic E-state index is 12.5. The fourth-order valence-corrected chi connectivity index (χ4v) is 3.47. The molecule has 6 nitrogen and oxygen atoms in total. The van der Waals surface area contributed by atoms with Crippen molar-refractivity contribution < 1.29 is 28.5 Å². The van der Waals surface area contributed by atoms with Crippen LogP contribution in [0.1, 0.15) is 20.7 Å². The molecule has 2 aromatic rings. The van der Waals surface area contributed by atoms with Crippen molar-refractivity contribution in [2.75, 3.05) is 21.3 Å². The predicted octanol–water partition coefficient (Wildman–Crippen LogP) is 4.27. The van der Waals surface area contributed by atoms with Gasteiger partial charge in [-0.3, -0.25) is 4.79 Å². The smallest absolute Gasteiger partial charge is 0.343 e. The highest BCUT2D eigenvalue weighted by molar-refractivity contribution is 9.11. The van der Waals surface area contributed by atoms with Gasteiger partial charge >= 0.3 is 5.97 Å². The van der Waals surface area contributed by atoms with Crippen LogP contribution in [0.5, 0.6) is 23.0 Å². The van der Waals surface area contributed by atoms with E-state index in [1.807, 2.05) is 0 Å². The minimum Gasteiger partial charge on any atom is -0.493 e. The Hall–Kier alpha value is -2.06. The third-order valence-electron chi connectivity index (χ3n) is 3.26. The molecule has 0 aliphatic carbocycles. The zero-order chi connectivity index (χ0) is 18.6. The highest BCUT2D eigenvalue weighted by Gasteiger charge is 2.20. The van der Waals surface area contributed by atoms with Crippen LogP contribution in [0.3, 0.4) is 0 Å². The summed E-state index contributed by atoms with van der Waals surface area (Å²) in [6.07, 6.45) is 0.604. The summed E-state index contributed by atoms with van der Waals surface area (Å²) in [6.45, 7) is 0. The minimum atomic E-state index is -0.676. The predicted molar refractivity (Wildman–Crippen MR) is 98.3 cm³/mol. The molecule has 0 saturated heterocycles. The highest BCUT2D eigenvalue weighted by Crippen LogP contribution is 2.39. The molecule has 2 aromatic carbocycles. The first-order valence-corrected chi connectivity index (χ1v) is 8.50. The second-order valence-electron chi connectivity index (χ2n) is 4.73. The zero-order valence-corrected chi connectivity index (χ0v) is 16.8. The van der Waals surface area contributed by atoms with Crippen LogP contribution in [0.2, 0.25) is 0 Å². The summed E-state index contributed by atoms with van der Waals surface area (Å²) in [7, 11) is 4.36. The first kappa shape index (κ1) is 19.3. The Morgan fingerprint density at radius 3 is 2.00 bits per heavy atom. The maximum Gasteiger partial charge on any atom is 0.343 e. The van der Waals surface area contributed by atoms with E-state index in [-0.39, 0.29) is 16.9 Å². The number of rotatable bonds is 6. The molecule has 0 spiro atoms. The van der Waals surface area contributed by atoms with Gasteiger partial charge in [0.15, 0.2) is 23.5 Å². The van der Waals surface area contributed by atoms with Crippen molar-refractivity contribution in [3.8, 4) is 23.0 Å². The molecule has 0 unspecified atom stereocenters. The quantitative estimate of drug-likeness (QED) is 0.354. The Balaban J connectivity index is 2.44.